The van der Waals surface area contributed by atoms with Gasteiger partial charge in [0.2, 0.25) is 5.43 Å². The Kier molecular flexibility index (Phi) is 3.45. The van der Waals surface area contributed by atoms with E-state index in [1.807, 2.05) is 0 Å². The maximum absolute atomic E-state index is 12.1. The van der Waals surface area contributed by atoms with Crippen molar-refractivity contribution in [3.8, 4) is 0 Å². The summed E-state index contributed by atoms with van der Waals surface area (Å²) in [4.78, 5) is 30.9. The fraction of sp³-hybridized carbons (Fsp3) is 0.417. The molecule has 0 amide bonds. The third kappa shape index (κ3) is 2.13. The number of carboxylic acid groups (broad SMARTS) is 1. The van der Waals surface area contributed by atoms with Crippen molar-refractivity contribution in [3.05, 3.63) is 33.2 Å². The molecular weight excluding hydrogens is 236 g/mol. The molecule has 1 aliphatic carbocycles. The number of aromatic nitrogens is 1. The minimum Gasteiger partial charge on any atom is -0.477 e. The van der Waals surface area contributed by atoms with Crippen LogP contribution in [0.1, 0.15) is 41.4 Å². The maximum Gasteiger partial charge on any atom is 0.341 e. The number of hydrogen-bond donors (Lipinski definition) is 2. The average Bonchev–Trinajstić information content (AvgIpc) is 2.36. The third-order valence-corrected chi connectivity index (χ3v) is 2.83. The fourth-order valence-corrected chi connectivity index (χ4v) is 2.02. The molecule has 18 heavy (non-hydrogen) atoms. The number of aromatic amines is 1. The Bertz CT molecular complexity index is 560. The van der Waals surface area contributed by atoms with Crippen LogP contribution < -0.4 is 5.43 Å². The summed E-state index contributed by atoms with van der Waals surface area (Å²) < 4.78 is 0. The monoisotopic (exact) mass is 250 g/mol. The molecule has 0 saturated heterocycles. The maximum atomic E-state index is 12.1. The van der Waals surface area contributed by atoms with E-state index >= 15 is 0 Å². The van der Waals surface area contributed by atoms with E-state index in [2.05, 4.69) is 10.1 Å². The molecule has 0 fully saturated rings. The van der Waals surface area contributed by atoms with E-state index in [1.165, 1.54) is 6.20 Å². The Hall–Kier alpha value is -2.11. The molecule has 1 heterocycles. The standard InChI is InChI=1S/C12H14N2O4/c1-2-18-14-9-5-3-4-8-10(9)11(15)7(6-13-8)12(16)17/h6H,2-5H2,1H3,(H,13,15)(H,16,17). The molecule has 2 rings (SSSR count). The molecule has 1 aromatic rings. The van der Waals surface area contributed by atoms with E-state index in [1.54, 1.807) is 6.92 Å². The molecule has 6 nitrogen and oxygen atoms in total. The van der Waals surface area contributed by atoms with Gasteiger partial charge in [-0.3, -0.25) is 4.79 Å². The molecule has 0 aliphatic heterocycles. The van der Waals surface area contributed by atoms with E-state index < -0.39 is 11.4 Å². The van der Waals surface area contributed by atoms with Crippen molar-refractivity contribution < 1.29 is 14.7 Å². The Morgan fingerprint density at radius 3 is 3.00 bits per heavy atom. The number of carboxylic acids is 1. The molecule has 6 heteroatoms. The topological polar surface area (TPSA) is 91.8 Å². The van der Waals surface area contributed by atoms with Gasteiger partial charge in [0.1, 0.15) is 12.2 Å². The van der Waals surface area contributed by atoms with Crippen molar-refractivity contribution in [2.45, 2.75) is 26.2 Å². The second kappa shape index (κ2) is 5.03. The smallest absolute Gasteiger partial charge is 0.341 e. The number of carbonyl (C=O) groups is 1. The SMILES string of the molecule is CCON=C1CCCc2[nH]cc(C(=O)O)c(=O)c21. The zero-order valence-corrected chi connectivity index (χ0v) is 10.0. The molecule has 2 N–H and O–H groups in total. The Morgan fingerprint density at radius 2 is 2.33 bits per heavy atom. The Labute approximate surface area is 103 Å². The van der Waals surface area contributed by atoms with Crippen LogP contribution in [0.15, 0.2) is 16.1 Å². The number of aryl methyl sites for hydroxylation is 1. The first kappa shape index (κ1) is 12.3. The summed E-state index contributed by atoms with van der Waals surface area (Å²) in [6.07, 6.45) is 3.45. The summed E-state index contributed by atoms with van der Waals surface area (Å²) in [5, 5.41) is 12.8. The number of nitrogens with zero attached hydrogens (tertiary/aromatic N) is 1. The van der Waals surface area contributed by atoms with E-state index in [0.717, 1.165) is 18.5 Å². The van der Waals surface area contributed by atoms with Gasteiger partial charge in [0.15, 0.2) is 0 Å². The first-order valence-corrected chi connectivity index (χ1v) is 5.82. The highest BCUT2D eigenvalue weighted by atomic mass is 16.6. The zero-order chi connectivity index (χ0) is 13.1. The summed E-state index contributed by atoms with van der Waals surface area (Å²) in [6, 6.07) is 0. The van der Waals surface area contributed by atoms with Gasteiger partial charge >= 0.3 is 5.97 Å². The lowest BCUT2D eigenvalue weighted by atomic mass is 9.92. The van der Waals surface area contributed by atoms with Crippen molar-refractivity contribution >= 4 is 11.7 Å². The molecule has 0 aromatic carbocycles. The predicted octanol–water partition coefficient (Wildman–Crippen LogP) is 1.15. The van der Waals surface area contributed by atoms with Gasteiger partial charge in [0, 0.05) is 11.9 Å². The number of aromatic carboxylic acids is 1. The normalized spacial score (nSPS) is 16.4. The molecule has 1 aromatic heterocycles. The van der Waals surface area contributed by atoms with E-state index in [0.29, 0.717) is 24.3 Å². The summed E-state index contributed by atoms with van der Waals surface area (Å²) in [5.41, 5.74) is 0.862. The first-order valence-electron chi connectivity index (χ1n) is 5.82. The van der Waals surface area contributed by atoms with Gasteiger partial charge in [-0.15, -0.1) is 0 Å². The molecule has 96 valence electrons. The minimum atomic E-state index is -1.24. The Balaban J connectivity index is 2.57. The quantitative estimate of drug-likeness (QED) is 0.787. The van der Waals surface area contributed by atoms with Crippen molar-refractivity contribution in [2.75, 3.05) is 6.61 Å². The van der Waals surface area contributed by atoms with Gasteiger partial charge < -0.3 is 14.9 Å². The van der Waals surface area contributed by atoms with Gasteiger partial charge in [0.05, 0.1) is 11.3 Å². The lowest BCUT2D eigenvalue weighted by Gasteiger charge is -2.16. The molecule has 0 unspecified atom stereocenters. The number of nitrogens with one attached hydrogen (secondary N) is 1. The molecule has 0 spiro atoms. The molecule has 1 aliphatic rings. The van der Waals surface area contributed by atoms with Crippen LogP contribution >= 0.6 is 0 Å². The van der Waals surface area contributed by atoms with Crippen molar-refractivity contribution in [1.82, 2.24) is 4.98 Å². The summed E-state index contributed by atoms with van der Waals surface area (Å²) in [7, 11) is 0. The minimum absolute atomic E-state index is 0.264. The van der Waals surface area contributed by atoms with E-state index in [4.69, 9.17) is 9.94 Å². The number of H-pyrrole nitrogens is 1. The number of rotatable bonds is 3. The molecular formula is C12H14N2O4. The van der Waals surface area contributed by atoms with Crippen LogP contribution in [0, 0.1) is 0 Å². The van der Waals surface area contributed by atoms with Crippen molar-refractivity contribution in [2.24, 2.45) is 5.16 Å². The lowest BCUT2D eigenvalue weighted by Crippen LogP contribution is -2.28. The highest BCUT2D eigenvalue weighted by Crippen LogP contribution is 2.17. The van der Waals surface area contributed by atoms with Crippen molar-refractivity contribution in [3.63, 3.8) is 0 Å². The fourth-order valence-electron chi connectivity index (χ4n) is 2.02. The first-order chi connectivity index (χ1) is 8.65. The van der Waals surface area contributed by atoms with Crippen LogP contribution in [0.3, 0.4) is 0 Å². The van der Waals surface area contributed by atoms with Crippen LogP contribution in [0.4, 0.5) is 0 Å². The van der Waals surface area contributed by atoms with Crippen molar-refractivity contribution in [1.29, 1.82) is 0 Å². The number of pyridine rings is 1. The van der Waals surface area contributed by atoms with Crippen LogP contribution in [0.25, 0.3) is 0 Å². The Morgan fingerprint density at radius 1 is 1.56 bits per heavy atom. The number of hydrogen-bond acceptors (Lipinski definition) is 4. The molecule has 0 saturated carbocycles. The molecule has 0 radical (unpaired) electrons. The number of oxime groups is 1. The van der Waals surface area contributed by atoms with Crippen LogP contribution in [-0.2, 0) is 11.3 Å². The van der Waals surface area contributed by atoms with Crippen LogP contribution in [0.2, 0.25) is 0 Å². The number of fused-ring (bicyclic) bond motifs is 1. The van der Waals surface area contributed by atoms with Gasteiger partial charge in [0.25, 0.3) is 0 Å². The molecule has 0 bridgehead atoms. The second-order valence-corrected chi connectivity index (χ2v) is 4.00. The van der Waals surface area contributed by atoms with Gasteiger partial charge in [-0.25, -0.2) is 4.79 Å². The van der Waals surface area contributed by atoms with Gasteiger partial charge in [-0.05, 0) is 26.2 Å². The highest BCUT2D eigenvalue weighted by Gasteiger charge is 2.23. The van der Waals surface area contributed by atoms with Crippen LogP contribution in [-0.4, -0.2) is 28.4 Å². The van der Waals surface area contributed by atoms with E-state index in [-0.39, 0.29) is 5.56 Å². The van der Waals surface area contributed by atoms with Gasteiger partial charge in [-0.2, -0.15) is 0 Å². The highest BCUT2D eigenvalue weighted by molar-refractivity contribution is 6.03. The summed E-state index contributed by atoms with van der Waals surface area (Å²) in [6.45, 7) is 2.21. The largest absolute Gasteiger partial charge is 0.477 e. The summed E-state index contributed by atoms with van der Waals surface area (Å²) >= 11 is 0. The third-order valence-electron chi connectivity index (χ3n) is 2.83. The summed E-state index contributed by atoms with van der Waals surface area (Å²) in [5.74, 6) is -1.24. The average molecular weight is 250 g/mol. The zero-order valence-electron chi connectivity index (χ0n) is 10.0. The lowest BCUT2D eigenvalue weighted by molar-refractivity contribution is 0.0695. The molecule has 0 atom stereocenters. The van der Waals surface area contributed by atoms with E-state index in [9.17, 15) is 9.59 Å². The van der Waals surface area contributed by atoms with Gasteiger partial charge in [-0.1, -0.05) is 5.16 Å². The predicted molar refractivity (Wildman–Crippen MR) is 65.1 cm³/mol. The van der Waals surface area contributed by atoms with Crippen LogP contribution in [0.5, 0.6) is 0 Å². The second-order valence-electron chi connectivity index (χ2n) is 4.00.